The number of nitrogens with two attached hydrogens (primary N) is 1. The van der Waals surface area contributed by atoms with Crippen molar-refractivity contribution in [2.75, 3.05) is 26.8 Å². The largest absolute Gasteiger partial charge is 0.383 e. The molecule has 1 fully saturated rings. The number of ether oxygens (including phenoxy) is 1. The molecule has 0 aliphatic heterocycles. The summed E-state index contributed by atoms with van der Waals surface area (Å²) in [7, 11) is 1.76. The summed E-state index contributed by atoms with van der Waals surface area (Å²) in [6, 6.07) is 5.50. The van der Waals surface area contributed by atoms with Crippen molar-refractivity contribution in [3.05, 3.63) is 21.9 Å². The Morgan fingerprint density at radius 2 is 2.29 bits per heavy atom. The first-order valence-electron chi connectivity index (χ1n) is 6.27. The van der Waals surface area contributed by atoms with Crippen molar-refractivity contribution in [3.63, 3.8) is 0 Å². The minimum atomic E-state index is 0.372. The summed E-state index contributed by atoms with van der Waals surface area (Å²) in [4.78, 5) is 5.28. The van der Waals surface area contributed by atoms with Crippen molar-refractivity contribution in [3.8, 4) is 0 Å². The van der Waals surface area contributed by atoms with Gasteiger partial charge >= 0.3 is 0 Å². The maximum atomic E-state index is 5.98. The van der Waals surface area contributed by atoms with Crippen LogP contribution in [0.1, 0.15) is 28.6 Å². The lowest BCUT2D eigenvalue weighted by Crippen LogP contribution is -2.37. The minimum absolute atomic E-state index is 0.372. The van der Waals surface area contributed by atoms with Crippen LogP contribution in [-0.2, 0) is 4.74 Å². The highest BCUT2D eigenvalue weighted by molar-refractivity contribution is 7.12. The lowest BCUT2D eigenvalue weighted by Gasteiger charge is -2.30. The number of aryl methyl sites for hydroxylation is 1. The molecule has 0 radical (unpaired) electrons. The van der Waals surface area contributed by atoms with E-state index in [1.54, 1.807) is 7.11 Å². The van der Waals surface area contributed by atoms with Crippen LogP contribution in [0.2, 0.25) is 0 Å². The van der Waals surface area contributed by atoms with Gasteiger partial charge in [0.1, 0.15) is 0 Å². The van der Waals surface area contributed by atoms with Crippen molar-refractivity contribution < 1.29 is 4.74 Å². The molecule has 0 bridgehead atoms. The summed E-state index contributed by atoms with van der Waals surface area (Å²) in [5.74, 6) is 0. The van der Waals surface area contributed by atoms with Gasteiger partial charge < -0.3 is 10.5 Å². The van der Waals surface area contributed by atoms with Crippen LogP contribution in [0.25, 0.3) is 0 Å². The number of hydrogen-bond acceptors (Lipinski definition) is 4. The molecule has 96 valence electrons. The third-order valence-corrected chi connectivity index (χ3v) is 4.38. The van der Waals surface area contributed by atoms with E-state index in [-0.39, 0.29) is 0 Å². The van der Waals surface area contributed by atoms with Gasteiger partial charge in [0.05, 0.1) is 12.6 Å². The van der Waals surface area contributed by atoms with Crippen LogP contribution in [0.15, 0.2) is 12.1 Å². The fraction of sp³-hybridized carbons (Fsp3) is 0.692. The van der Waals surface area contributed by atoms with Crippen molar-refractivity contribution in [1.29, 1.82) is 0 Å². The van der Waals surface area contributed by atoms with Crippen molar-refractivity contribution in [2.24, 2.45) is 5.73 Å². The third-order valence-electron chi connectivity index (χ3n) is 3.28. The van der Waals surface area contributed by atoms with Gasteiger partial charge in [0, 0.05) is 36.0 Å². The first kappa shape index (κ1) is 13.0. The van der Waals surface area contributed by atoms with E-state index in [0.717, 1.165) is 19.2 Å². The van der Waals surface area contributed by atoms with Gasteiger partial charge in [-0.1, -0.05) is 0 Å². The summed E-state index contributed by atoms with van der Waals surface area (Å²) in [6.07, 6.45) is 2.62. The van der Waals surface area contributed by atoms with Crippen molar-refractivity contribution in [1.82, 2.24) is 4.90 Å². The zero-order chi connectivity index (χ0) is 12.3. The molecule has 1 aromatic rings. The first-order valence-corrected chi connectivity index (χ1v) is 7.09. The third kappa shape index (κ3) is 3.28. The summed E-state index contributed by atoms with van der Waals surface area (Å²) >= 11 is 1.86. The maximum Gasteiger partial charge on any atom is 0.0590 e. The van der Waals surface area contributed by atoms with Gasteiger partial charge in [-0.05, 0) is 31.9 Å². The Bertz CT molecular complexity index is 349. The standard InChI is InChI=1S/C13H22N2OS/c1-10-3-6-13(17-10)12(9-14)15(7-8-16-2)11-4-5-11/h3,6,11-12H,4-5,7-9,14H2,1-2H3. The normalized spacial score (nSPS) is 17.6. The molecule has 17 heavy (non-hydrogen) atoms. The smallest absolute Gasteiger partial charge is 0.0590 e. The molecule has 1 aliphatic carbocycles. The number of nitrogens with zero attached hydrogens (tertiary/aromatic N) is 1. The predicted molar refractivity (Wildman–Crippen MR) is 72.5 cm³/mol. The monoisotopic (exact) mass is 254 g/mol. The lowest BCUT2D eigenvalue weighted by molar-refractivity contribution is 0.117. The Labute approximate surface area is 108 Å². The second-order valence-electron chi connectivity index (χ2n) is 4.66. The molecule has 1 atom stereocenters. The molecule has 0 amide bonds. The van der Waals surface area contributed by atoms with E-state index < -0.39 is 0 Å². The van der Waals surface area contributed by atoms with E-state index in [2.05, 4.69) is 24.0 Å². The SMILES string of the molecule is COCCN(C1CC1)C(CN)c1ccc(C)s1. The van der Waals surface area contributed by atoms with E-state index in [1.807, 2.05) is 11.3 Å². The van der Waals surface area contributed by atoms with Crippen LogP contribution in [0, 0.1) is 6.92 Å². The van der Waals surface area contributed by atoms with Crippen LogP contribution in [0.5, 0.6) is 0 Å². The molecule has 3 nitrogen and oxygen atoms in total. The van der Waals surface area contributed by atoms with E-state index >= 15 is 0 Å². The second-order valence-corrected chi connectivity index (χ2v) is 5.98. The average Bonchev–Trinajstić information content (AvgIpc) is 3.08. The minimum Gasteiger partial charge on any atom is -0.383 e. The number of rotatable bonds is 7. The second kappa shape index (κ2) is 5.96. The Balaban J connectivity index is 2.08. The van der Waals surface area contributed by atoms with Gasteiger partial charge in [-0.15, -0.1) is 11.3 Å². The van der Waals surface area contributed by atoms with E-state index in [0.29, 0.717) is 12.6 Å². The van der Waals surface area contributed by atoms with Gasteiger partial charge in [-0.25, -0.2) is 0 Å². The van der Waals surface area contributed by atoms with E-state index in [1.165, 1.54) is 22.6 Å². The topological polar surface area (TPSA) is 38.5 Å². The molecule has 1 heterocycles. The van der Waals surface area contributed by atoms with Gasteiger partial charge in [0.15, 0.2) is 0 Å². The fourth-order valence-electron chi connectivity index (χ4n) is 2.24. The molecule has 0 saturated heterocycles. The molecule has 1 saturated carbocycles. The van der Waals surface area contributed by atoms with E-state index in [4.69, 9.17) is 10.5 Å². The van der Waals surface area contributed by atoms with Crippen LogP contribution in [0.3, 0.4) is 0 Å². The Kier molecular flexibility index (Phi) is 4.56. The zero-order valence-electron chi connectivity index (χ0n) is 10.7. The highest BCUT2D eigenvalue weighted by Crippen LogP contribution is 2.35. The number of thiophene rings is 1. The molecule has 0 spiro atoms. The Hall–Kier alpha value is -0.420. The van der Waals surface area contributed by atoms with Gasteiger partial charge in [-0.2, -0.15) is 0 Å². The maximum absolute atomic E-state index is 5.98. The lowest BCUT2D eigenvalue weighted by atomic mass is 10.2. The summed E-state index contributed by atoms with van der Waals surface area (Å²) < 4.78 is 5.21. The molecule has 1 unspecified atom stereocenters. The molecule has 4 heteroatoms. The molecule has 1 aromatic heterocycles. The summed E-state index contributed by atoms with van der Waals surface area (Å²) in [6.45, 7) is 4.62. The first-order chi connectivity index (χ1) is 8.26. The molecule has 1 aliphatic rings. The van der Waals surface area contributed by atoms with Crippen molar-refractivity contribution >= 4 is 11.3 Å². The number of hydrogen-bond donors (Lipinski definition) is 1. The average molecular weight is 254 g/mol. The quantitative estimate of drug-likeness (QED) is 0.810. The highest BCUT2D eigenvalue weighted by Gasteiger charge is 2.34. The highest BCUT2D eigenvalue weighted by atomic mass is 32.1. The van der Waals surface area contributed by atoms with Gasteiger partial charge in [-0.3, -0.25) is 4.90 Å². The molecule has 2 N–H and O–H groups in total. The predicted octanol–water partition coefficient (Wildman–Crippen LogP) is 2.17. The Morgan fingerprint density at radius 1 is 1.53 bits per heavy atom. The molecule has 0 aromatic carbocycles. The Morgan fingerprint density at radius 3 is 2.76 bits per heavy atom. The fourth-order valence-corrected chi connectivity index (χ4v) is 3.25. The zero-order valence-corrected chi connectivity index (χ0v) is 11.5. The summed E-state index contributed by atoms with van der Waals surface area (Å²) in [5.41, 5.74) is 5.98. The molecule has 2 rings (SSSR count). The van der Waals surface area contributed by atoms with Crippen LogP contribution in [0.4, 0.5) is 0 Å². The van der Waals surface area contributed by atoms with Crippen molar-refractivity contribution in [2.45, 2.75) is 31.8 Å². The van der Waals surface area contributed by atoms with Crippen LogP contribution >= 0.6 is 11.3 Å². The van der Waals surface area contributed by atoms with E-state index in [9.17, 15) is 0 Å². The number of methoxy groups -OCH3 is 1. The molecular weight excluding hydrogens is 232 g/mol. The van der Waals surface area contributed by atoms with Gasteiger partial charge in [0.2, 0.25) is 0 Å². The molecular formula is C13H22N2OS. The van der Waals surface area contributed by atoms with Gasteiger partial charge in [0.25, 0.3) is 0 Å². The summed E-state index contributed by atoms with van der Waals surface area (Å²) in [5, 5.41) is 0. The van der Waals surface area contributed by atoms with Crippen LogP contribution in [-0.4, -0.2) is 37.7 Å². The van der Waals surface area contributed by atoms with Crippen LogP contribution < -0.4 is 5.73 Å².